The number of nitrogens with two attached hydrogens (primary N) is 1. The lowest BCUT2D eigenvalue weighted by molar-refractivity contribution is -0.130. The summed E-state index contributed by atoms with van der Waals surface area (Å²) in [4.78, 5) is 35.3. The van der Waals surface area contributed by atoms with Gasteiger partial charge in [-0.3, -0.25) is 10.1 Å². The van der Waals surface area contributed by atoms with Crippen LogP contribution in [0.4, 0.5) is 4.79 Å². The van der Waals surface area contributed by atoms with E-state index in [1.807, 2.05) is 12.2 Å². The van der Waals surface area contributed by atoms with E-state index in [9.17, 15) is 14.4 Å². The molecule has 1 heterocycles. The van der Waals surface area contributed by atoms with Gasteiger partial charge in [0.1, 0.15) is 18.1 Å². The predicted octanol–water partition coefficient (Wildman–Crippen LogP) is 2.25. The third kappa shape index (κ3) is 5.32. The predicted molar refractivity (Wildman–Crippen MR) is 98.5 cm³/mol. The van der Waals surface area contributed by atoms with Gasteiger partial charge in [0.25, 0.3) is 5.91 Å². The topological polar surface area (TPSA) is 134 Å². The molecule has 9 heteroatoms. The fraction of sp³-hybridized carbons (Fsp3) is 0.368. The van der Waals surface area contributed by atoms with Crippen molar-refractivity contribution in [2.75, 3.05) is 0 Å². The molecule has 1 aromatic heterocycles. The van der Waals surface area contributed by atoms with Crippen LogP contribution in [0.5, 0.6) is 5.75 Å². The molecule has 2 rings (SSSR count). The van der Waals surface area contributed by atoms with Crippen molar-refractivity contribution in [1.82, 2.24) is 10.5 Å². The van der Waals surface area contributed by atoms with Crippen molar-refractivity contribution < 1.29 is 28.4 Å². The largest absolute Gasteiger partial charge is 0.489 e. The number of nitrogens with one attached hydrogen (secondary N) is 1. The van der Waals surface area contributed by atoms with E-state index in [0.29, 0.717) is 11.5 Å². The van der Waals surface area contributed by atoms with Crippen molar-refractivity contribution in [3.05, 3.63) is 46.8 Å². The minimum Gasteiger partial charge on any atom is -0.489 e. The highest BCUT2D eigenvalue weighted by atomic mass is 16.5. The summed E-state index contributed by atoms with van der Waals surface area (Å²) in [5.41, 5.74) is 6.71. The van der Waals surface area contributed by atoms with Crippen molar-refractivity contribution in [2.45, 2.75) is 40.4 Å². The van der Waals surface area contributed by atoms with Crippen LogP contribution in [0.1, 0.15) is 41.2 Å². The molecule has 1 atom stereocenters. The lowest BCUT2D eigenvalue weighted by atomic mass is 10.1. The second-order valence-electron chi connectivity index (χ2n) is 6.54. The lowest BCUT2D eigenvalue weighted by Crippen LogP contribution is -2.45. The zero-order valence-corrected chi connectivity index (χ0v) is 16.1. The Hall–Kier alpha value is -3.36. The van der Waals surface area contributed by atoms with E-state index in [4.69, 9.17) is 19.7 Å². The molecule has 0 saturated heterocycles. The Balaban J connectivity index is 2.08. The first-order chi connectivity index (χ1) is 13.2. The number of carbonyl (C=O) groups excluding carboxylic acids is 3. The highest BCUT2D eigenvalue weighted by Gasteiger charge is 2.28. The number of urea groups is 1. The third-order valence-electron chi connectivity index (χ3n) is 3.98. The van der Waals surface area contributed by atoms with Crippen LogP contribution in [0.3, 0.4) is 0 Å². The Morgan fingerprint density at radius 1 is 1.25 bits per heavy atom. The Labute approximate surface area is 162 Å². The van der Waals surface area contributed by atoms with Crippen molar-refractivity contribution in [3.8, 4) is 5.75 Å². The summed E-state index contributed by atoms with van der Waals surface area (Å²) in [6, 6.07) is 5.35. The van der Waals surface area contributed by atoms with Crippen LogP contribution in [0.25, 0.3) is 0 Å². The fourth-order valence-electron chi connectivity index (χ4n) is 2.44. The van der Waals surface area contributed by atoms with Gasteiger partial charge in [0.15, 0.2) is 6.10 Å². The average Bonchev–Trinajstić information content (AvgIpc) is 2.95. The van der Waals surface area contributed by atoms with Crippen LogP contribution in [-0.4, -0.2) is 29.2 Å². The maximum atomic E-state index is 12.4. The highest BCUT2D eigenvalue weighted by molar-refractivity contribution is 5.98. The number of primary amides is 1. The minimum atomic E-state index is -1.16. The van der Waals surface area contributed by atoms with Gasteiger partial charge in [-0.25, -0.2) is 9.59 Å². The summed E-state index contributed by atoms with van der Waals surface area (Å²) in [5.74, 6) is -0.754. The highest BCUT2D eigenvalue weighted by Crippen LogP contribution is 2.20. The van der Waals surface area contributed by atoms with E-state index in [2.05, 4.69) is 5.16 Å². The van der Waals surface area contributed by atoms with E-state index in [0.717, 1.165) is 11.3 Å². The summed E-state index contributed by atoms with van der Waals surface area (Å²) in [5, 5.41) is 5.78. The number of nitrogens with zero attached hydrogens (tertiary/aromatic N) is 1. The number of rotatable bonds is 7. The van der Waals surface area contributed by atoms with Gasteiger partial charge in [-0.2, -0.15) is 0 Å². The Bertz CT molecular complexity index is 855. The van der Waals surface area contributed by atoms with Crippen LogP contribution in [-0.2, 0) is 16.1 Å². The smallest absolute Gasteiger partial charge is 0.339 e. The molecule has 9 nitrogen and oxygen atoms in total. The molecular formula is C19H23N3O6. The van der Waals surface area contributed by atoms with E-state index >= 15 is 0 Å². The van der Waals surface area contributed by atoms with Crippen LogP contribution >= 0.6 is 0 Å². The molecule has 2 aromatic rings. The summed E-state index contributed by atoms with van der Waals surface area (Å²) in [7, 11) is 0. The molecule has 150 valence electrons. The molecule has 0 radical (unpaired) electrons. The molecule has 0 aliphatic rings. The van der Waals surface area contributed by atoms with Gasteiger partial charge in [-0.05, 0) is 38.0 Å². The number of aryl methyl sites for hydroxylation is 2. The number of imide groups is 1. The van der Waals surface area contributed by atoms with Crippen LogP contribution < -0.4 is 15.8 Å². The van der Waals surface area contributed by atoms with Crippen LogP contribution in [0.15, 0.2) is 28.8 Å². The maximum Gasteiger partial charge on any atom is 0.339 e. The number of hydrogen-bond acceptors (Lipinski definition) is 7. The maximum absolute atomic E-state index is 12.4. The molecule has 0 unspecified atom stereocenters. The van der Waals surface area contributed by atoms with E-state index in [1.165, 1.54) is 12.1 Å². The normalized spacial score (nSPS) is 11.8. The van der Waals surface area contributed by atoms with E-state index < -0.39 is 24.0 Å². The summed E-state index contributed by atoms with van der Waals surface area (Å²) in [6.45, 7) is 7.19. The van der Waals surface area contributed by atoms with Gasteiger partial charge in [-0.1, -0.05) is 25.1 Å². The molecule has 0 saturated carbocycles. The lowest BCUT2D eigenvalue weighted by Gasteiger charge is -2.20. The Morgan fingerprint density at radius 3 is 2.54 bits per heavy atom. The molecule has 1 aromatic carbocycles. The van der Waals surface area contributed by atoms with Gasteiger partial charge in [0.05, 0.1) is 16.8 Å². The molecule has 28 heavy (non-hydrogen) atoms. The second kappa shape index (κ2) is 9.03. The number of amides is 3. The molecule has 0 fully saturated rings. The SMILES string of the molecule is Cc1noc(C)c1COc1cccc(C(=O)O[C@H](C(=O)NC(N)=O)C(C)C)c1. The summed E-state index contributed by atoms with van der Waals surface area (Å²) in [6.07, 6.45) is -1.16. The van der Waals surface area contributed by atoms with Gasteiger partial charge < -0.3 is 19.7 Å². The third-order valence-corrected chi connectivity index (χ3v) is 3.98. The van der Waals surface area contributed by atoms with Crippen molar-refractivity contribution >= 4 is 17.9 Å². The Morgan fingerprint density at radius 2 is 1.96 bits per heavy atom. The zero-order valence-electron chi connectivity index (χ0n) is 16.1. The van der Waals surface area contributed by atoms with Crippen LogP contribution in [0, 0.1) is 19.8 Å². The van der Waals surface area contributed by atoms with E-state index in [1.54, 1.807) is 32.9 Å². The number of esters is 1. The number of ether oxygens (including phenoxy) is 2. The minimum absolute atomic E-state index is 0.203. The molecule has 0 spiro atoms. The number of hydrogen-bond donors (Lipinski definition) is 2. The standard InChI is InChI=1S/C19H23N3O6/c1-10(2)16(17(23)21-19(20)25)27-18(24)13-6-5-7-14(8-13)26-9-15-11(3)22-28-12(15)4/h5-8,10,16H,9H2,1-4H3,(H3,20,21,23,25)/t16-/m0/s1. The molecule has 3 N–H and O–H groups in total. The van der Waals surface area contributed by atoms with Gasteiger partial charge >= 0.3 is 12.0 Å². The molecule has 0 aliphatic heterocycles. The molecular weight excluding hydrogens is 366 g/mol. The average molecular weight is 389 g/mol. The van der Waals surface area contributed by atoms with Crippen molar-refractivity contribution in [3.63, 3.8) is 0 Å². The van der Waals surface area contributed by atoms with Gasteiger partial charge in [0, 0.05) is 0 Å². The Kier molecular flexibility index (Phi) is 6.75. The monoisotopic (exact) mass is 389 g/mol. The van der Waals surface area contributed by atoms with E-state index in [-0.39, 0.29) is 18.1 Å². The molecule has 0 bridgehead atoms. The summed E-state index contributed by atoms with van der Waals surface area (Å²) < 4.78 is 16.1. The summed E-state index contributed by atoms with van der Waals surface area (Å²) >= 11 is 0. The first-order valence-corrected chi connectivity index (χ1v) is 8.65. The zero-order chi connectivity index (χ0) is 20.8. The first-order valence-electron chi connectivity index (χ1n) is 8.65. The van der Waals surface area contributed by atoms with Gasteiger partial charge in [0.2, 0.25) is 0 Å². The van der Waals surface area contributed by atoms with Crippen LogP contribution in [0.2, 0.25) is 0 Å². The number of aromatic nitrogens is 1. The molecule has 0 aliphatic carbocycles. The molecule has 3 amide bonds. The van der Waals surface area contributed by atoms with Crippen molar-refractivity contribution in [2.24, 2.45) is 11.7 Å². The quantitative estimate of drug-likeness (QED) is 0.694. The number of carbonyl (C=O) groups is 3. The van der Waals surface area contributed by atoms with Crippen molar-refractivity contribution in [1.29, 1.82) is 0 Å². The first kappa shape index (κ1) is 20.9. The fourth-order valence-corrected chi connectivity index (χ4v) is 2.44. The van der Waals surface area contributed by atoms with Gasteiger partial charge in [-0.15, -0.1) is 0 Å². The number of benzene rings is 1. The second-order valence-corrected chi connectivity index (χ2v) is 6.54.